The molecule has 1 aromatic carbocycles. The Morgan fingerprint density at radius 2 is 2.40 bits per heavy atom. The zero-order valence-corrected chi connectivity index (χ0v) is 12.1. The second-order valence-electron chi connectivity index (χ2n) is 4.83. The van der Waals surface area contributed by atoms with Gasteiger partial charge in [-0.3, -0.25) is 0 Å². The minimum atomic E-state index is -0.150. The van der Waals surface area contributed by atoms with E-state index < -0.39 is 0 Å². The molecule has 6 heteroatoms. The molecule has 2 amide bonds. The van der Waals surface area contributed by atoms with E-state index in [0.717, 1.165) is 12.1 Å². The molecule has 0 saturated carbocycles. The summed E-state index contributed by atoms with van der Waals surface area (Å²) in [6.45, 7) is 3.15. The first kappa shape index (κ1) is 14.7. The van der Waals surface area contributed by atoms with Crippen molar-refractivity contribution in [2.24, 2.45) is 11.1 Å². The van der Waals surface area contributed by atoms with Gasteiger partial charge in [0.2, 0.25) is 0 Å². The maximum atomic E-state index is 12.2. The Balaban J connectivity index is 2.00. The highest BCUT2D eigenvalue weighted by atomic mass is 35.5. The van der Waals surface area contributed by atoms with E-state index in [2.05, 4.69) is 10.5 Å². The normalized spacial score (nSPS) is 21.0. The lowest BCUT2D eigenvalue weighted by atomic mass is 9.93. The number of carbonyl (C=O) groups is 1. The van der Waals surface area contributed by atoms with Crippen LogP contribution in [0.2, 0.25) is 5.02 Å². The summed E-state index contributed by atoms with van der Waals surface area (Å²) in [6, 6.07) is 6.91. The molecule has 0 aromatic heterocycles. The molecule has 108 valence electrons. The average molecular weight is 296 g/mol. The van der Waals surface area contributed by atoms with E-state index in [-0.39, 0.29) is 11.9 Å². The van der Waals surface area contributed by atoms with Crippen molar-refractivity contribution < 1.29 is 10.0 Å². The first-order valence-electron chi connectivity index (χ1n) is 6.66. The average Bonchev–Trinajstić information content (AvgIpc) is 2.46. The van der Waals surface area contributed by atoms with E-state index in [1.807, 2.05) is 6.92 Å². The van der Waals surface area contributed by atoms with Crippen LogP contribution in [0.5, 0.6) is 0 Å². The van der Waals surface area contributed by atoms with Gasteiger partial charge in [0.15, 0.2) is 0 Å². The Kier molecular flexibility index (Phi) is 4.84. The smallest absolute Gasteiger partial charge is 0.321 e. The molecule has 1 fully saturated rings. The van der Waals surface area contributed by atoms with Crippen molar-refractivity contribution in [3.8, 4) is 0 Å². The molecule has 1 atom stereocenters. The highest BCUT2D eigenvalue weighted by molar-refractivity contribution is 6.30. The first-order chi connectivity index (χ1) is 9.63. The molecule has 1 aliphatic heterocycles. The molecule has 5 nitrogen and oxygen atoms in total. The molecule has 1 saturated heterocycles. The number of nitrogens with one attached hydrogen (secondary N) is 1. The standard InChI is InChI=1S/C14H18ClN3O2/c1-2-10-9-18(7-6-13(10)17-20)14(19)16-12-5-3-4-11(15)8-12/h3-5,8,10,20H,2,6-7,9H2,1H3,(H,16,19)/b17-13+. The van der Waals surface area contributed by atoms with Crippen LogP contribution in [0.1, 0.15) is 19.8 Å². The Bertz CT molecular complexity index is 519. The van der Waals surface area contributed by atoms with Gasteiger partial charge in [0, 0.05) is 36.1 Å². The summed E-state index contributed by atoms with van der Waals surface area (Å²) in [4.78, 5) is 13.9. The second kappa shape index (κ2) is 6.61. The zero-order valence-electron chi connectivity index (χ0n) is 11.3. The van der Waals surface area contributed by atoms with E-state index >= 15 is 0 Å². The number of benzene rings is 1. The number of piperidine rings is 1. The number of hydrogen-bond donors (Lipinski definition) is 2. The molecule has 1 heterocycles. The fraction of sp³-hybridized carbons (Fsp3) is 0.429. The van der Waals surface area contributed by atoms with E-state index in [0.29, 0.717) is 30.2 Å². The number of hydrogen-bond acceptors (Lipinski definition) is 3. The van der Waals surface area contributed by atoms with Crippen molar-refractivity contribution >= 4 is 29.0 Å². The van der Waals surface area contributed by atoms with Crippen LogP contribution < -0.4 is 5.32 Å². The summed E-state index contributed by atoms with van der Waals surface area (Å²) >= 11 is 5.89. The van der Waals surface area contributed by atoms with Gasteiger partial charge in [-0.15, -0.1) is 0 Å². The van der Waals surface area contributed by atoms with Gasteiger partial charge in [-0.05, 0) is 24.6 Å². The molecule has 2 rings (SSSR count). The molecule has 1 aliphatic rings. The van der Waals surface area contributed by atoms with Gasteiger partial charge in [0.05, 0.1) is 5.71 Å². The van der Waals surface area contributed by atoms with Crippen LogP contribution in [0.3, 0.4) is 0 Å². The second-order valence-corrected chi connectivity index (χ2v) is 5.27. The molecular formula is C14H18ClN3O2. The van der Waals surface area contributed by atoms with Gasteiger partial charge in [-0.1, -0.05) is 29.7 Å². The number of halogens is 1. The fourth-order valence-electron chi connectivity index (χ4n) is 2.37. The summed E-state index contributed by atoms with van der Waals surface area (Å²) in [5, 5.41) is 15.7. The molecule has 0 radical (unpaired) electrons. The Labute approximate surface area is 123 Å². The Morgan fingerprint density at radius 3 is 3.05 bits per heavy atom. The predicted molar refractivity (Wildman–Crippen MR) is 79.7 cm³/mol. The summed E-state index contributed by atoms with van der Waals surface area (Å²) in [6.07, 6.45) is 1.46. The number of amides is 2. The van der Waals surface area contributed by atoms with Crippen LogP contribution in [0, 0.1) is 5.92 Å². The van der Waals surface area contributed by atoms with Gasteiger partial charge in [-0.25, -0.2) is 4.79 Å². The van der Waals surface area contributed by atoms with Crippen LogP contribution >= 0.6 is 11.6 Å². The van der Waals surface area contributed by atoms with Crippen LogP contribution in [0.15, 0.2) is 29.4 Å². The van der Waals surface area contributed by atoms with E-state index in [1.165, 1.54) is 0 Å². The van der Waals surface area contributed by atoms with Crippen molar-refractivity contribution in [2.45, 2.75) is 19.8 Å². The number of urea groups is 1. The quantitative estimate of drug-likeness (QED) is 0.648. The Hall–Kier alpha value is -1.75. The van der Waals surface area contributed by atoms with E-state index in [4.69, 9.17) is 16.8 Å². The lowest BCUT2D eigenvalue weighted by molar-refractivity contribution is 0.200. The fourth-order valence-corrected chi connectivity index (χ4v) is 2.56. The molecule has 2 N–H and O–H groups in total. The zero-order chi connectivity index (χ0) is 14.5. The third-order valence-electron chi connectivity index (χ3n) is 3.53. The third-order valence-corrected chi connectivity index (χ3v) is 3.77. The lowest BCUT2D eigenvalue weighted by Gasteiger charge is -2.32. The third kappa shape index (κ3) is 3.42. The van der Waals surface area contributed by atoms with Crippen LogP contribution in [0.4, 0.5) is 10.5 Å². The van der Waals surface area contributed by atoms with Gasteiger partial charge in [0.25, 0.3) is 0 Å². The number of likely N-dealkylation sites (tertiary alicyclic amines) is 1. The maximum Gasteiger partial charge on any atom is 0.321 e. The number of rotatable bonds is 2. The molecule has 0 spiro atoms. The van der Waals surface area contributed by atoms with Crippen LogP contribution in [-0.2, 0) is 0 Å². The van der Waals surface area contributed by atoms with Gasteiger partial charge >= 0.3 is 6.03 Å². The van der Waals surface area contributed by atoms with Crippen molar-refractivity contribution in [2.75, 3.05) is 18.4 Å². The largest absolute Gasteiger partial charge is 0.411 e. The van der Waals surface area contributed by atoms with E-state index in [1.54, 1.807) is 29.2 Å². The molecule has 1 unspecified atom stereocenters. The van der Waals surface area contributed by atoms with Gasteiger partial charge in [0.1, 0.15) is 0 Å². The van der Waals surface area contributed by atoms with Crippen LogP contribution in [-0.4, -0.2) is 34.9 Å². The number of nitrogens with zero attached hydrogens (tertiary/aromatic N) is 2. The molecule has 20 heavy (non-hydrogen) atoms. The SMILES string of the molecule is CCC1CN(C(=O)Nc2cccc(Cl)c2)CC/C1=N\O. The lowest BCUT2D eigenvalue weighted by Crippen LogP contribution is -2.45. The minimum absolute atomic E-state index is 0.124. The van der Waals surface area contributed by atoms with Crippen molar-refractivity contribution in [1.82, 2.24) is 4.90 Å². The Morgan fingerprint density at radius 1 is 1.60 bits per heavy atom. The first-order valence-corrected chi connectivity index (χ1v) is 7.04. The molecule has 0 aliphatic carbocycles. The highest BCUT2D eigenvalue weighted by Gasteiger charge is 2.27. The minimum Gasteiger partial charge on any atom is -0.411 e. The van der Waals surface area contributed by atoms with Gasteiger partial charge < -0.3 is 15.4 Å². The summed E-state index contributed by atoms with van der Waals surface area (Å²) in [5.41, 5.74) is 1.46. The number of carbonyl (C=O) groups excluding carboxylic acids is 1. The molecule has 0 bridgehead atoms. The predicted octanol–water partition coefficient (Wildman–Crippen LogP) is 3.43. The maximum absolute atomic E-state index is 12.2. The topological polar surface area (TPSA) is 64.9 Å². The number of oxime groups is 1. The van der Waals surface area contributed by atoms with E-state index in [9.17, 15) is 4.79 Å². The summed E-state index contributed by atoms with van der Waals surface area (Å²) in [7, 11) is 0. The van der Waals surface area contributed by atoms with Crippen molar-refractivity contribution in [3.63, 3.8) is 0 Å². The molecule has 1 aromatic rings. The van der Waals surface area contributed by atoms with Crippen molar-refractivity contribution in [1.29, 1.82) is 0 Å². The summed E-state index contributed by atoms with van der Waals surface area (Å²) in [5.74, 6) is 0.124. The highest BCUT2D eigenvalue weighted by Crippen LogP contribution is 2.20. The van der Waals surface area contributed by atoms with Crippen LogP contribution in [0.25, 0.3) is 0 Å². The van der Waals surface area contributed by atoms with Crippen molar-refractivity contribution in [3.05, 3.63) is 29.3 Å². The number of anilines is 1. The van der Waals surface area contributed by atoms with Gasteiger partial charge in [-0.2, -0.15) is 0 Å². The summed E-state index contributed by atoms with van der Waals surface area (Å²) < 4.78 is 0. The molecular weight excluding hydrogens is 278 g/mol. The monoisotopic (exact) mass is 295 g/mol.